The molecule has 0 heterocycles. The molecule has 0 radical (unpaired) electrons. The van der Waals surface area contributed by atoms with Crippen molar-refractivity contribution in [2.45, 2.75) is 78.1 Å². The van der Waals surface area contributed by atoms with Crippen molar-refractivity contribution in [2.24, 2.45) is 35.0 Å². The highest BCUT2D eigenvalue weighted by molar-refractivity contribution is 6.00. The van der Waals surface area contributed by atoms with E-state index in [2.05, 4.69) is 6.92 Å². The van der Waals surface area contributed by atoms with Gasteiger partial charge in [0.05, 0.1) is 12.2 Å². The summed E-state index contributed by atoms with van der Waals surface area (Å²) >= 11 is 0. The summed E-state index contributed by atoms with van der Waals surface area (Å²) in [7, 11) is 0. The molecule has 0 spiro atoms. The molecule has 39 heavy (non-hydrogen) atoms. The second-order valence-corrected chi connectivity index (χ2v) is 12.1. The van der Waals surface area contributed by atoms with E-state index in [9.17, 15) is 24.6 Å². The Kier molecular flexibility index (Phi) is 7.99. The van der Waals surface area contributed by atoms with Crippen molar-refractivity contribution in [1.82, 2.24) is 0 Å². The first kappa shape index (κ1) is 29.2. The molecule has 0 aromatic rings. The molecule has 7 nitrogen and oxygen atoms in total. The molecule has 8 atom stereocenters. The van der Waals surface area contributed by atoms with Crippen LogP contribution in [-0.4, -0.2) is 51.8 Å². The number of hydrogen-bond donors (Lipinski definition) is 2. The zero-order valence-corrected chi connectivity index (χ0v) is 23.8. The number of unbranched alkanes of at least 4 members (excludes halogenated alkanes) is 1. The lowest BCUT2D eigenvalue weighted by molar-refractivity contribution is -0.217. The lowest BCUT2D eigenvalue weighted by atomic mass is 9.60. The highest BCUT2D eigenvalue weighted by Gasteiger charge is 2.87. The minimum Gasteiger partial charge on any atom is -0.458 e. The van der Waals surface area contributed by atoms with Gasteiger partial charge in [-0.05, 0) is 30.9 Å². The van der Waals surface area contributed by atoms with Crippen LogP contribution in [0.3, 0.4) is 0 Å². The maximum Gasteiger partial charge on any atom is 0.331 e. The Bertz CT molecular complexity index is 1170. The van der Waals surface area contributed by atoms with E-state index < -0.39 is 64.2 Å². The highest BCUT2D eigenvalue weighted by atomic mass is 16.6. The Balaban J connectivity index is 1.74. The lowest BCUT2D eigenvalue weighted by Crippen LogP contribution is -2.63. The summed E-state index contributed by atoms with van der Waals surface area (Å²) in [5, 5.41) is 22.8. The first-order valence-electron chi connectivity index (χ1n) is 14.0. The number of esters is 2. The van der Waals surface area contributed by atoms with Gasteiger partial charge in [-0.1, -0.05) is 76.6 Å². The fraction of sp³-hybridized carbons (Fsp3) is 0.594. The van der Waals surface area contributed by atoms with Crippen molar-refractivity contribution >= 4 is 17.7 Å². The molecule has 0 aromatic carbocycles. The normalized spacial score (nSPS) is 38.6. The summed E-state index contributed by atoms with van der Waals surface area (Å²) in [5.41, 5.74) is -2.01. The molecule has 7 heteroatoms. The van der Waals surface area contributed by atoms with Crippen LogP contribution in [0.5, 0.6) is 0 Å². The van der Waals surface area contributed by atoms with E-state index >= 15 is 0 Å². The molecule has 0 saturated heterocycles. The van der Waals surface area contributed by atoms with Gasteiger partial charge in [0.1, 0.15) is 6.10 Å². The lowest BCUT2D eigenvalue weighted by Gasteiger charge is -2.52. The molecule has 0 aliphatic heterocycles. The monoisotopic (exact) mass is 538 g/mol. The third-order valence-electron chi connectivity index (χ3n) is 9.60. The topological polar surface area (TPSA) is 110 Å². The Labute approximate surface area is 231 Å². The minimum atomic E-state index is -1.45. The Morgan fingerprint density at radius 3 is 2.46 bits per heavy atom. The van der Waals surface area contributed by atoms with Crippen molar-refractivity contribution < 1.29 is 34.1 Å². The molecule has 2 fully saturated rings. The van der Waals surface area contributed by atoms with E-state index in [0.29, 0.717) is 17.6 Å². The second kappa shape index (κ2) is 10.7. The number of Topliss-reactive ketones (excluding diaryl/α,β-unsaturated/α-hetero) is 1. The molecule has 1 unspecified atom stereocenters. The summed E-state index contributed by atoms with van der Waals surface area (Å²) in [6.07, 6.45) is 15.7. The number of ether oxygens (including phenoxy) is 2. The van der Waals surface area contributed by atoms with Gasteiger partial charge < -0.3 is 19.7 Å². The molecule has 2 N–H and O–H groups in total. The van der Waals surface area contributed by atoms with Gasteiger partial charge in [0, 0.05) is 48.0 Å². The fourth-order valence-electron chi connectivity index (χ4n) is 7.74. The number of rotatable bonds is 8. The molecular weight excluding hydrogens is 496 g/mol. The van der Waals surface area contributed by atoms with Gasteiger partial charge in [-0.2, -0.15) is 0 Å². The van der Waals surface area contributed by atoms with E-state index in [-0.39, 0.29) is 12.4 Å². The summed E-state index contributed by atoms with van der Waals surface area (Å²) < 4.78 is 12.1. The zero-order chi connectivity index (χ0) is 28.8. The molecule has 4 rings (SSSR count). The zero-order valence-electron chi connectivity index (χ0n) is 23.8. The van der Waals surface area contributed by atoms with Gasteiger partial charge in [0.25, 0.3) is 0 Å². The molecule has 0 aromatic heterocycles. The molecule has 2 saturated carbocycles. The molecule has 4 aliphatic carbocycles. The molecule has 0 amide bonds. The first-order valence-corrected chi connectivity index (χ1v) is 14.0. The molecular formula is C32H42O7. The van der Waals surface area contributed by atoms with Crippen LogP contribution in [0.2, 0.25) is 0 Å². The van der Waals surface area contributed by atoms with Crippen LogP contribution in [-0.2, 0) is 23.9 Å². The quantitative estimate of drug-likeness (QED) is 0.204. The van der Waals surface area contributed by atoms with Gasteiger partial charge in [0.15, 0.2) is 11.4 Å². The number of fused-ring (bicyclic) bond motifs is 5. The largest absolute Gasteiger partial charge is 0.458 e. The van der Waals surface area contributed by atoms with Crippen LogP contribution in [0.4, 0.5) is 0 Å². The maximum atomic E-state index is 13.1. The smallest absolute Gasteiger partial charge is 0.331 e. The Hall–Kier alpha value is -2.77. The molecule has 212 valence electrons. The highest BCUT2D eigenvalue weighted by Crippen LogP contribution is 2.76. The number of hydrogen-bond acceptors (Lipinski definition) is 7. The van der Waals surface area contributed by atoms with E-state index in [4.69, 9.17) is 9.47 Å². The van der Waals surface area contributed by atoms with Crippen molar-refractivity contribution in [3.8, 4) is 0 Å². The van der Waals surface area contributed by atoms with Crippen LogP contribution in [0.15, 0.2) is 59.8 Å². The molecule has 0 bridgehead atoms. The van der Waals surface area contributed by atoms with Gasteiger partial charge in [-0.25, -0.2) is 4.79 Å². The minimum absolute atomic E-state index is 0.0364. The summed E-state index contributed by atoms with van der Waals surface area (Å²) in [4.78, 5) is 38.6. The summed E-state index contributed by atoms with van der Waals surface area (Å²) in [6, 6.07) is 0. The third-order valence-corrected chi connectivity index (χ3v) is 9.60. The number of allylic oxidation sites excluding steroid dienone is 6. The second-order valence-electron chi connectivity index (χ2n) is 12.1. The van der Waals surface area contributed by atoms with Gasteiger partial charge in [-0.15, -0.1) is 0 Å². The van der Waals surface area contributed by atoms with Crippen molar-refractivity contribution in [1.29, 1.82) is 0 Å². The Morgan fingerprint density at radius 2 is 1.82 bits per heavy atom. The predicted octanol–water partition coefficient (Wildman–Crippen LogP) is 4.41. The van der Waals surface area contributed by atoms with E-state index in [1.54, 1.807) is 19.1 Å². The number of carbonyl (C=O) groups excluding carboxylic acids is 3. The van der Waals surface area contributed by atoms with E-state index in [1.807, 2.05) is 51.2 Å². The van der Waals surface area contributed by atoms with Crippen LogP contribution < -0.4 is 0 Å². The van der Waals surface area contributed by atoms with Gasteiger partial charge in [0.2, 0.25) is 0 Å². The standard InChI is InChI=1S/C32H42O7/c1-7-8-9-10-11-12-13-14-26(35)39-32-28(30(32,5)6)25-17-22(18-33)16-23-24(15-19(2)27(23)36)31(25,37)20(3)29(32)38-21(4)34/h9-15,17,20,23-25,28-29,33,37H,7-8,16,18H2,1-6H3/b10-9+,12-11+,14-13-/t20?,23-,24+,25-,28+,29+,31+,32+/m0/s1. The van der Waals surface area contributed by atoms with Gasteiger partial charge >= 0.3 is 11.9 Å². The van der Waals surface area contributed by atoms with E-state index in [0.717, 1.165) is 12.8 Å². The molecule has 4 aliphatic rings. The van der Waals surface area contributed by atoms with Gasteiger partial charge in [-0.3, -0.25) is 9.59 Å². The first-order chi connectivity index (χ1) is 18.4. The average molecular weight is 539 g/mol. The number of carbonyl (C=O) groups is 3. The van der Waals surface area contributed by atoms with Crippen LogP contribution in [0.1, 0.15) is 60.8 Å². The average Bonchev–Trinajstić information content (AvgIpc) is 3.27. The Morgan fingerprint density at radius 1 is 1.13 bits per heavy atom. The predicted molar refractivity (Wildman–Crippen MR) is 147 cm³/mol. The summed E-state index contributed by atoms with van der Waals surface area (Å²) in [6.45, 7) is 10.7. The fourth-order valence-corrected chi connectivity index (χ4v) is 7.74. The van der Waals surface area contributed by atoms with Crippen LogP contribution in [0.25, 0.3) is 0 Å². The number of aliphatic hydroxyl groups excluding tert-OH is 1. The summed E-state index contributed by atoms with van der Waals surface area (Å²) in [5.74, 6) is -3.74. The van der Waals surface area contributed by atoms with Crippen LogP contribution in [0, 0.1) is 35.0 Å². The number of ketones is 1. The van der Waals surface area contributed by atoms with E-state index in [1.165, 1.54) is 13.0 Å². The van der Waals surface area contributed by atoms with Crippen molar-refractivity contribution in [3.05, 3.63) is 59.8 Å². The SMILES string of the molecule is CCC/C=C/C=C/C=C\C(=O)O[C@@]12[C@H](OC(C)=O)C(C)[C@@]3(O)[C@@H]4C=C(C)C(=O)[C@H]4CC(CO)=C[C@H]3[C@@H]1C2(C)C. The van der Waals surface area contributed by atoms with Crippen LogP contribution >= 0.6 is 0 Å². The van der Waals surface area contributed by atoms with Crippen molar-refractivity contribution in [3.63, 3.8) is 0 Å². The number of aliphatic hydroxyl groups is 2. The third kappa shape index (κ3) is 4.57. The van der Waals surface area contributed by atoms with Crippen molar-refractivity contribution in [2.75, 3.05) is 6.61 Å². The maximum absolute atomic E-state index is 13.1.